The first-order valence-corrected chi connectivity index (χ1v) is 7.57. The Kier molecular flexibility index (Phi) is 7.39. The Balaban J connectivity index is 2.49. The smallest absolute Gasteiger partial charge is 0.319 e. The van der Waals surface area contributed by atoms with Gasteiger partial charge in [-0.25, -0.2) is 0 Å². The molecule has 1 rings (SSSR count). The lowest BCUT2D eigenvalue weighted by Gasteiger charge is -2.38. The third-order valence-electron chi connectivity index (χ3n) is 3.70. The zero-order chi connectivity index (χ0) is 14.3. The van der Waals surface area contributed by atoms with Gasteiger partial charge in [0, 0.05) is 19.1 Å². The van der Waals surface area contributed by atoms with Crippen molar-refractivity contribution < 1.29 is 9.53 Å². The summed E-state index contributed by atoms with van der Waals surface area (Å²) in [5, 5.41) is 3.64. The summed E-state index contributed by atoms with van der Waals surface area (Å²) in [5.74, 6) is 1.24. The van der Waals surface area contributed by atoms with Gasteiger partial charge < -0.3 is 10.1 Å². The van der Waals surface area contributed by atoms with Crippen molar-refractivity contribution in [3.63, 3.8) is 0 Å². The zero-order valence-corrected chi connectivity index (χ0v) is 12.9. The third-order valence-corrected chi connectivity index (χ3v) is 3.70. The summed E-state index contributed by atoms with van der Waals surface area (Å²) in [6.07, 6.45) is 3.70. The molecular weight excluding hydrogens is 240 g/mol. The van der Waals surface area contributed by atoms with E-state index >= 15 is 0 Å². The zero-order valence-electron chi connectivity index (χ0n) is 12.9. The second kappa shape index (κ2) is 8.54. The fourth-order valence-electron chi connectivity index (χ4n) is 2.85. The van der Waals surface area contributed by atoms with Crippen molar-refractivity contribution in [2.75, 3.05) is 33.3 Å². The number of esters is 1. The summed E-state index contributed by atoms with van der Waals surface area (Å²) in [6.45, 7) is 10.2. The molecule has 0 aromatic heterocycles. The minimum absolute atomic E-state index is 0.125. The number of ether oxygens (including phenoxy) is 1. The number of nitrogens with one attached hydrogen (secondary N) is 1. The Morgan fingerprint density at radius 1 is 1.42 bits per heavy atom. The number of piperidine rings is 1. The number of rotatable bonds is 7. The SMILES string of the molecule is CCCC1CC(NCC(C)C)CN(CC(=O)OC)C1. The van der Waals surface area contributed by atoms with Crippen LogP contribution >= 0.6 is 0 Å². The molecule has 0 aliphatic carbocycles. The van der Waals surface area contributed by atoms with Crippen molar-refractivity contribution >= 4 is 5.97 Å². The van der Waals surface area contributed by atoms with Crippen LogP contribution in [0.5, 0.6) is 0 Å². The summed E-state index contributed by atoms with van der Waals surface area (Å²) in [5.41, 5.74) is 0. The van der Waals surface area contributed by atoms with E-state index in [2.05, 4.69) is 31.0 Å². The molecule has 0 saturated carbocycles. The number of likely N-dealkylation sites (tertiary alicyclic amines) is 1. The summed E-state index contributed by atoms with van der Waals surface area (Å²) in [7, 11) is 1.46. The van der Waals surface area contributed by atoms with Crippen LogP contribution in [0.4, 0.5) is 0 Å². The number of carbonyl (C=O) groups is 1. The van der Waals surface area contributed by atoms with Gasteiger partial charge in [0.1, 0.15) is 0 Å². The molecule has 2 atom stereocenters. The van der Waals surface area contributed by atoms with Gasteiger partial charge in [0.25, 0.3) is 0 Å². The average molecular weight is 270 g/mol. The lowest BCUT2D eigenvalue weighted by Crippen LogP contribution is -2.51. The van der Waals surface area contributed by atoms with E-state index in [9.17, 15) is 4.79 Å². The highest BCUT2D eigenvalue weighted by atomic mass is 16.5. The summed E-state index contributed by atoms with van der Waals surface area (Å²) in [6, 6.07) is 0.511. The lowest BCUT2D eigenvalue weighted by atomic mass is 9.90. The highest BCUT2D eigenvalue weighted by molar-refractivity contribution is 5.71. The van der Waals surface area contributed by atoms with Gasteiger partial charge in [-0.1, -0.05) is 27.2 Å². The van der Waals surface area contributed by atoms with E-state index in [0.29, 0.717) is 24.4 Å². The monoisotopic (exact) mass is 270 g/mol. The van der Waals surface area contributed by atoms with Gasteiger partial charge in [-0.05, 0) is 31.2 Å². The van der Waals surface area contributed by atoms with Crippen molar-refractivity contribution in [2.24, 2.45) is 11.8 Å². The van der Waals surface area contributed by atoms with E-state index in [1.54, 1.807) is 0 Å². The quantitative estimate of drug-likeness (QED) is 0.717. The minimum Gasteiger partial charge on any atom is -0.468 e. The van der Waals surface area contributed by atoms with Gasteiger partial charge in [-0.15, -0.1) is 0 Å². The van der Waals surface area contributed by atoms with Crippen molar-refractivity contribution in [1.29, 1.82) is 0 Å². The van der Waals surface area contributed by atoms with Gasteiger partial charge in [0.2, 0.25) is 0 Å². The topological polar surface area (TPSA) is 41.6 Å². The molecule has 1 saturated heterocycles. The molecule has 0 amide bonds. The van der Waals surface area contributed by atoms with Crippen LogP contribution in [-0.2, 0) is 9.53 Å². The van der Waals surface area contributed by atoms with Gasteiger partial charge >= 0.3 is 5.97 Å². The molecule has 2 unspecified atom stereocenters. The molecule has 0 radical (unpaired) electrons. The molecule has 1 aliphatic heterocycles. The van der Waals surface area contributed by atoms with E-state index in [1.807, 2.05) is 0 Å². The first-order chi connectivity index (χ1) is 9.05. The number of nitrogens with zero attached hydrogens (tertiary/aromatic N) is 1. The highest BCUT2D eigenvalue weighted by Gasteiger charge is 2.27. The molecule has 1 aliphatic rings. The Morgan fingerprint density at radius 2 is 2.16 bits per heavy atom. The van der Waals surface area contributed by atoms with E-state index in [0.717, 1.165) is 19.6 Å². The van der Waals surface area contributed by atoms with Crippen LogP contribution in [0.15, 0.2) is 0 Å². The van der Waals surface area contributed by atoms with Gasteiger partial charge in [0.15, 0.2) is 0 Å². The van der Waals surface area contributed by atoms with Gasteiger partial charge in [-0.3, -0.25) is 9.69 Å². The summed E-state index contributed by atoms with van der Waals surface area (Å²) in [4.78, 5) is 13.7. The van der Waals surface area contributed by atoms with Crippen LogP contribution in [0.2, 0.25) is 0 Å². The molecule has 0 spiro atoms. The Hall–Kier alpha value is -0.610. The minimum atomic E-state index is -0.125. The van der Waals surface area contributed by atoms with Crippen LogP contribution < -0.4 is 5.32 Å². The molecule has 0 bridgehead atoms. The van der Waals surface area contributed by atoms with Crippen molar-refractivity contribution in [2.45, 2.75) is 46.1 Å². The predicted molar refractivity (Wildman–Crippen MR) is 78.1 cm³/mol. The third kappa shape index (κ3) is 6.39. The molecule has 19 heavy (non-hydrogen) atoms. The number of hydrogen-bond acceptors (Lipinski definition) is 4. The highest BCUT2D eigenvalue weighted by Crippen LogP contribution is 2.21. The first kappa shape index (κ1) is 16.4. The average Bonchev–Trinajstić information content (AvgIpc) is 2.36. The van der Waals surface area contributed by atoms with Crippen LogP contribution in [0.3, 0.4) is 0 Å². The fourth-order valence-corrected chi connectivity index (χ4v) is 2.85. The van der Waals surface area contributed by atoms with E-state index in [4.69, 9.17) is 4.74 Å². The molecule has 0 aromatic carbocycles. The van der Waals surface area contributed by atoms with E-state index < -0.39 is 0 Å². The van der Waals surface area contributed by atoms with Gasteiger partial charge in [-0.2, -0.15) is 0 Å². The molecular formula is C15H30N2O2. The molecule has 4 nitrogen and oxygen atoms in total. The second-order valence-electron chi connectivity index (χ2n) is 6.16. The fraction of sp³-hybridized carbons (Fsp3) is 0.933. The maximum atomic E-state index is 11.4. The molecule has 1 N–H and O–H groups in total. The van der Waals surface area contributed by atoms with Gasteiger partial charge in [0.05, 0.1) is 13.7 Å². The Bertz CT molecular complexity index is 269. The maximum absolute atomic E-state index is 11.4. The van der Waals surface area contributed by atoms with Crippen LogP contribution in [-0.4, -0.2) is 50.2 Å². The van der Waals surface area contributed by atoms with Crippen LogP contribution in [0.25, 0.3) is 0 Å². The van der Waals surface area contributed by atoms with E-state index in [1.165, 1.54) is 26.4 Å². The first-order valence-electron chi connectivity index (χ1n) is 7.57. The van der Waals surface area contributed by atoms with Crippen molar-refractivity contribution in [1.82, 2.24) is 10.2 Å². The normalized spacial score (nSPS) is 24.7. The number of methoxy groups -OCH3 is 1. The second-order valence-corrected chi connectivity index (χ2v) is 6.16. The van der Waals surface area contributed by atoms with Crippen molar-refractivity contribution in [3.05, 3.63) is 0 Å². The molecule has 4 heteroatoms. The summed E-state index contributed by atoms with van der Waals surface area (Å²) >= 11 is 0. The Morgan fingerprint density at radius 3 is 2.74 bits per heavy atom. The van der Waals surface area contributed by atoms with Crippen LogP contribution in [0, 0.1) is 11.8 Å². The molecule has 1 heterocycles. The van der Waals surface area contributed by atoms with Crippen LogP contribution in [0.1, 0.15) is 40.0 Å². The largest absolute Gasteiger partial charge is 0.468 e. The number of hydrogen-bond donors (Lipinski definition) is 1. The summed E-state index contributed by atoms with van der Waals surface area (Å²) < 4.78 is 4.78. The standard InChI is InChI=1S/C15H30N2O2/c1-5-6-13-7-14(16-8-12(2)3)10-17(9-13)11-15(18)19-4/h12-14,16H,5-11H2,1-4H3. The number of carbonyl (C=O) groups excluding carboxylic acids is 1. The molecule has 0 aromatic rings. The maximum Gasteiger partial charge on any atom is 0.319 e. The predicted octanol–water partition coefficient (Wildman–Crippen LogP) is 1.90. The Labute approximate surface area is 117 Å². The molecule has 1 fully saturated rings. The van der Waals surface area contributed by atoms with E-state index in [-0.39, 0.29) is 5.97 Å². The van der Waals surface area contributed by atoms with Crippen molar-refractivity contribution in [3.8, 4) is 0 Å². The lowest BCUT2D eigenvalue weighted by molar-refractivity contribution is -0.142. The molecule has 112 valence electrons.